The van der Waals surface area contributed by atoms with Crippen molar-refractivity contribution in [2.45, 2.75) is 57.2 Å². The molecule has 3 atom stereocenters. The molecule has 0 aromatic carbocycles. The first-order valence-corrected chi connectivity index (χ1v) is 6.29. The third-order valence-electron chi connectivity index (χ3n) is 3.05. The van der Waals surface area contributed by atoms with E-state index in [-0.39, 0.29) is 24.1 Å². The largest absolute Gasteiger partial charge is 0.376 e. The van der Waals surface area contributed by atoms with E-state index in [0.717, 1.165) is 25.7 Å². The highest BCUT2D eigenvalue weighted by Gasteiger charge is 2.40. The Bertz CT molecular complexity index is 284. The fourth-order valence-electron chi connectivity index (χ4n) is 2.00. The van der Waals surface area contributed by atoms with Crippen LogP contribution in [0.4, 0.5) is 0 Å². The van der Waals surface area contributed by atoms with Crippen LogP contribution in [-0.4, -0.2) is 30.7 Å². The van der Waals surface area contributed by atoms with E-state index in [2.05, 4.69) is 11.2 Å². The molecule has 1 aliphatic rings. The Hall–Kier alpha value is -1.05. The van der Waals surface area contributed by atoms with E-state index in [9.17, 15) is 4.79 Å². The zero-order chi connectivity index (χ0) is 12.7. The molecule has 0 aliphatic heterocycles. The molecule has 1 rings (SSSR count). The molecule has 0 heterocycles. The van der Waals surface area contributed by atoms with Gasteiger partial charge in [-0.1, -0.05) is 0 Å². The quantitative estimate of drug-likeness (QED) is 0.509. The molecule has 0 bridgehead atoms. The van der Waals surface area contributed by atoms with Crippen molar-refractivity contribution in [2.24, 2.45) is 5.73 Å². The van der Waals surface area contributed by atoms with Crippen molar-refractivity contribution >= 4 is 5.91 Å². The first-order valence-electron chi connectivity index (χ1n) is 6.29. The maximum Gasteiger partial charge on any atom is 0.220 e. The first-order chi connectivity index (χ1) is 8.19. The highest BCUT2D eigenvalue weighted by molar-refractivity contribution is 5.76. The average molecular weight is 238 g/mol. The molecule has 1 fully saturated rings. The van der Waals surface area contributed by atoms with Gasteiger partial charge in [-0.3, -0.25) is 4.79 Å². The number of nitrogens with two attached hydrogens (primary N) is 1. The Labute approximate surface area is 103 Å². The van der Waals surface area contributed by atoms with Crippen LogP contribution >= 0.6 is 0 Å². The van der Waals surface area contributed by atoms with Gasteiger partial charge < -0.3 is 15.8 Å². The van der Waals surface area contributed by atoms with Gasteiger partial charge in [-0.15, -0.1) is 12.3 Å². The second-order valence-corrected chi connectivity index (χ2v) is 4.40. The van der Waals surface area contributed by atoms with Crippen molar-refractivity contribution < 1.29 is 9.53 Å². The molecule has 4 heteroatoms. The van der Waals surface area contributed by atoms with Crippen molar-refractivity contribution in [3.63, 3.8) is 0 Å². The van der Waals surface area contributed by atoms with Gasteiger partial charge >= 0.3 is 0 Å². The number of hydrogen-bond donors (Lipinski definition) is 2. The molecular weight excluding hydrogens is 216 g/mol. The molecule has 17 heavy (non-hydrogen) atoms. The maximum absolute atomic E-state index is 11.6. The van der Waals surface area contributed by atoms with Crippen LogP contribution in [0.1, 0.15) is 39.0 Å². The molecule has 0 aromatic rings. The minimum Gasteiger partial charge on any atom is -0.376 e. The number of amides is 1. The summed E-state index contributed by atoms with van der Waals surface area (Å²) in [5.41, 5.74) is 5.85. The number of carbonyl (C=O) groups excluding carboxylic acids is 1. The highest BCUT2D eigenvalue weighted by atomic mass is 16.5. The smallest absolute Gasteiger partial charge is 0.220 e. The third-order valence-corrected chi connectivity index (χ3v) is 3.05. The lowest BCUT2D eigenvalue weighted by Crippen LogP contribution is -2.64. The fraction of sp³-hybridized carbons (Fsp3) is 0.769. The summed E-state index contributed by atoms with van der Waals surface area (Å²) in [6, 6.07) is 0.0105. The predicted octanol–water partition coefficient (Wildman–Crippen LogP) is 0.801. The summed E-state index contributed by atoms with van der Waals surface area (Å²) in [4.78, 5) is 11.6. The topological polar surface area (TPSA) is 64.4 Å². The molecule has 4 nitrogen and oxygen atoms in total. The van der Waals surface area contributed by atoms with Crippen LogP contribution in [-0.2, 0) is 9.53 Å². The van der Waals surface area contributed by atoms with E-state index in [1.165, 1.54) is 0 Å². The molecule has 0 aromatic heterocycles. The van der Waals surface area contributed by atoms with E-state index in [1.54, 1.807) is 0 Å². The van der Waals surface area contributed by atoms with E-state index in [4.69, 9.17) is 16.9 Å². The van der Waals surface area contributed by atoms with E-state index in [0.29, 0.717) is 13.0 Å². The summed E-state index contributed by atoms with van der Waals surface area (Å²) < 4.78 is 5.48. The summed E-state index contributed by atoms with van der Waals surface area (Å²) in [5.74, 6) is 2.61. The van der Waals surface area contributed by atoms with E-state index in [1.807, 2.05) is 6.92 Å². The zero-order valence-corrected chi connectivity index (χ0v) is 10.4. The van der Waals surface area contributed by atoms with Crippen LogP contribution < -0.4 is 11.1 Å². The Morgan fingerprint density at radius 3 is 2.94 bits per heavy atom. The van der Waals surface area contributed by atoms with Gasteiger partial charge in [0.2, 0.25) is 5.91 Å². The molecule has 3 N–H and O–H groups in total. The van der Waals surface area contributed by atoms with Gasteiger partial charge in [-0.25, -0.2) is 0 Å². The van der Waals surface area contributed by atoms with Crippen LogP contribution in [0.2, 0.25) is 0 Å². The molecule has 0 radical (unpaired) electrons. The van der Waals surface area contributed by atoms with Crippen molar-refractivity contribution in [2.75, 3.05) is 6.61 Å². The monoisotopic (exact) mass is 238 g/mol. The SMILES string of the molecule is C#CCCCCC(=O)NC1C(N)CC1OCC. The molecule has 1 aliphatic carbocycles. The lowest BCUT2D eigenvalue weighted by molar-refractivity contribution is -0.125. The average Bonchev–Trinajstić information content (AvgIpc) is 2.32. The number of unbranched alkanes of at least 4 members (excludes halogenated alkanes) is 2. The summed E-state index contributed by atoms with van der Waals surface area (Å²) in [6.45, 7) is 2.61. The number of hydrogen-bond acceptors (Lipinski definition) is 3. The van der Waals surface area contributed by atoms with Gasteiger partial charge in [0.25, 0.3) is 0 Å². The van der Waals surface area contributed by atoms with Crippen molar-refractivity contribution in [3.8, 4) is 12.3 Å². The van der Waals surface area contributed by atoms with Gasteiger partial charge in [0.1, 0.15) is 0 Å². The van der Waals surface area contributed by atoms with Gasteiger partial charge in [-0.05, 0) is 26.2 Å². The molecular formula is C13H22N2O2. The number of rotatable bonds is 7. The Balaban J connectivity index is 2.18. The van der Waals surface area contributed by atoms with Gasteiger partial charge in [-0.2, -0.15) is 0 Å². The lowest BCUT2D eigenvalue weighted by Gasteiger charge is -2.42. The van der Waals surface area contributed by atoms with Crippen molar-refractivity contribution in [3.05, 3.63) is 0 Å². The van der Waals surface area contributed by atoms with Crippen LogP contribution in [0.15, 0.2) is 0 Å². The lowest BCUT2D eigenvalue weighted by atomic mass is 9.83. The van der Waals surface area contributed by atoms with Crippen LogP contribution in [0.25, 0.3) is 0 Å². The van der Waals surface area contributed by atoms with Crippen molar-refractivity contribution in [1.29, 1.82) is 0 Å². The third kappa shape index (κ3) is 4.37. The highest BCUT2D eigenvalue weighted by Crippen LogP contribution is 2.22. The normalized spacial score (nSPS) is 27.0. The summed E-state index contributed by atoms with van der Waals surface area (Å²) in [6.07, 6.45) is 9.04. The van der Waals surface area contributed by atoms with Crippen LogP contribution in [0.5, 0.6) is 0 Å². The van der Waals surface area contributed by atoms with Gasteiger partial charge in [0.15, 0.2) is 0 Å². The zero-order valence-electron chi connectivity index (χ0n) is 10.4. The molecule has 1 amide bonds. The van der Waals surface area contributed by atoms with Gasteiger partial charge in [0.05, 0.1) is 12.1 Å². The Morgan fingerprint density at radius 2 is 2.35 bits per heavy atom. The Kier molecular flexibility index (Phi) is 6.03. The number of ether oxygens (including phenoxy) is 1. The molecule has 3 unspecified atom stereocenters. The Morgan fingerprint density at radius 1 is 1.59 bits per heavy atom. The minimum atomic E-state index is -0.0184. The summed E-state index contributed by atoms with van der Waals surface area (Å²) in [7, 11) is 0. The number of nitrogens with one attached hydrogen (secondary N) is 1. The summed E-state index contributed by atoms with van der Waals surface area (Å²) in [5, 5.41) is 2.94. The number of carbonyl (C=O) groups is 1. The van der Waals surface area contributed by atoms with Crippen LogP contribution in [0.3, 0.4) is 0 Å². The molecule has 0 spiro atoms. The first kappa shape index (κ1) is 14.0. The second-order valence-electron chi connectivity index (χ2n) is 4.40. The van der Waals surface area contributed by atoms with Crippen LogP contribution in [0, 0.1) is 12.3 Å². The van der Waals surface area contributed by atoms with E-state index < -0.39 is 0 Å². The molecule has 0 saturated heterocycles. The predicted molar refractivity (Wildman–Crippen MR) is 67.2 cm³/mol. The van der Waals surface area contributed by atoms with Crippen molar-refractivity contribution in [1.82, 2.24) is 5.32 Å². The van der Waals surface area contributed by atoms with Gasteiger partial charge in [0, 0.05) is 25.5 Å². The van der Waals surface area contributed by atoms with E-state index >= 15 is 0 Å². The standard InChI is InChI=1S/C13H22N2O2/c1-3-5-6-7-8-12(16)15-13-10(14)9-11(13)17-4-2/h1,10-11,13H,4-9,14H2,2H3,(H,15,16). The minimum absolute atomic E-state index is 0.0184. The second kappa shape index (κ2) is 7.31. The molecule has 1 saturated carbocycles. The summed E-state index contributed by atoms with van der Waals surface area (Å²) >= 11 is 0. The fourth-order valence-corrected chi connectivity index (χ4v) is 2.00. The maximum atomic E-state index is 11.6. The number of terminal acetylenes is 1. The molecule has 96 valence electrons.